The molecule has 3 aromatic carbocycles. The number of carbonyl (C=O) groups excluding carboxylic acids is 2. The number of aliphatic carboxylic acids is 1. The number of benzene rings is 3. The van der Waals surface area contributed by atoms with Crippen molar-refractivity contribution in [2.75, 3.05) is 0 Å². The Bertz CT molecular complexity index is 1370. The van der Waals surface area contributed by atoms with Crippen molar-refractivity contribution >= 4 is 18.0 Å². The van der Waals surface area contributed by atoms with Crippen LogP contribution >= 0.6 is 0 Å². The first-order valence-corrected chi connectivity index (χ1v) is 11.8. The number of carbonyl (C=O) groups is 3. The fraction of sp³-hybridized carbons (Fsp3) is 0.250. The van der Waals surface area contributed by atoms with Crippen LogP contribution in [-0.2, 0) is 33.8 Å². The topological polar surface area (TPSA) is 191 Å². The summed E-state index contributed by atoms with van der Waals surface area (Å²) in [5.41, 5.74) is 3.36. The number of phenols is 4. The van der Waals surface area contributed by atoms with E-state index in [2.05, 4.69) is 0 Å². The maximum atomic E-state index is 13.9. The maximum Gasteiger partial charge on any atom is 0.417 e. The Morgan fingerprint density at radius 2 is 1.28 bits per heavy atom. The summed E-state index contributed by atoms with van der Waals surface area (Å²) in [6.07, 6.45) is -1.96. The third-order valence-corrected chi connectivity index (χ3v) is 6.23. The van der Waals surface area contributed by atoms with Crippen LogP contribution in [0.25, 0.3) is 0 Å². The molecule has 0 aliphatic rings. The normalized spacial score (nSPS) is 14.0. The SMILES string of the molecule is C[C@](N)(Cc1ccc(O)c(O)c1)C(=O)N(C(=O)OCc1ccccc1)[C@@](C)(Cc1ccc(O)c(O)c1)C(=O)O. The Balaban J connectivity index is 2.02. The highest BCUT2D eigenvalue weighted by Gasteiger charge is 2.51. The molecule has 7 N–H and O–H groups in total. The number of hydrogen-bond acceptors (Lipinski definition) is 9. The van der Waals surface area contributed by atoms with Crippen LogP contribution in [-0.4, -0.2) is 59.5 Å². The molecular weight excluding hydrogens is 508 g/mol. The summed E-state index contributed by atoms with van der Waals surface area (Å²) in [5, 5.41) is 49.3. The van der Waals surface area contributed by atoms with Crippen LogP contribution in [0.5, 0.6) is 23.0 Å². The highest BCUT2D eigenvalue weighted by atomic mass is 16.6. The van der Waals surface area contributed by atoms with Crippen molar-refractivity contribution in [1.29, 1.82) is 0 Å². The molecule has 0 saturated carbocycles. The van der Waals surface area contributed by atoms with Crippen molar-refractivity contribution in [1.82, 2.24) is 4.90 Å². The smallest absolute Gasteiger partial charge is 0.417 e. The monoisotopic (exact) mass is 538 g/mol. The Morgan fingerprint density at radius 1 is 0.769 bits per heavy atom. The van der Waals surface area contributed by atoms with E-state index in [9.17, 15) is 39.9 Å². The zero-order valence-electron chi connectivity index (χ0n) is 21.4. The summed E-state index contributed by atoms with van der Waals surface area (Å²) >= 11 is 0. The first-order chi connectivity index (χ1) is 18.2. The van der Waals surface area contributed by atoms with E-state index >= 15 is 0 Å². The number of carboxylic acid groups (broad SMARTS) is 1. The van der Waals surface area contributed by atoms with E-state index in [1.807, 2.05) is 0 Å². The van der Waals surface area contributed by atoms with Crippen LogP contribution in [0.2, 0.25) is 0 Å². The third-order valence-electron chi connectivity index (χ3n) is 6.23. The maximum absolute atomic E-state index is 13.9. The molecule has 0 saturated heterocycles. The van der Waals surface area contributed by atoms with E-state index in [1.165, 1.54) is 31.2 Å². The van der Waals surface area contributed by atoms with Gasteiger partial charge in [0.05, 0.1) is 5.54 Å². The second kappa shape index (κ2) is 11.3. The number of amides is 2. The summed E-state index contributed by atoms with van der Waals surface area (Å²) in [4.78, 5) is 40.4. The summed E-state index contributed by atoms with van der Waals surface area (Å²) < 4.78 is 5.35. The van der Waals surface area contributed by atoms with Crippen LogP contribution in [0.3, 0.4) is 0 Å². The van der Waals surface area contributed by atoms with E-state index in [1.54, 1.807) is 30.3 Å². The summed E-state index contributed by atoms with van der Waals surface area (Å²) in [6.45, 7) is 2.18. The highest BCUT2D eigenvalue weighted by molar-refractivity contribution is 6.02. The standard InChI is InChI=1S/C28H30N2O9/c1-27(29,14-18-8-10-20(31)22(33)12-18)24(35)30(26(38)39-16-17-6-4-3-5-7-17)28(2,25(36)37)15-19-9-11-21(32)23(34)13-19/h3-13,31-34H,14-16,29H2,1-2H3,(H,36,37)/t27-,28-/m0/s1. The van der Waals surface area contributed by atoms with Gasteiger partial charge >= 0.3 is 12.1 Å². The van der Waals surface area contributed by atoms with Gasteiger partial charge in [0.1, 0.15) is 6.61 Å². The average Bonchev–Trinajstić information content (AvgIpc) is 2.87. The molecule has 3 aromatic rings. The minimum absolute atomic E-state index is 0.200. The van der Waals surface area contributed by atoms with Crippen LogP contribution in [0.4, 0.5) is 4.79 Å². The molecule has 0 spiro atoms. The highest BCUT2D eigenvalue weighted by Crippen LogP contribution is 2.32. The molecule has 3 rings (SSSR count). The molecule has 0 radical (unpaired) electrons. The second-order valence-electron chi connectivity index (χ2n) is 9.68. The van der Waals surface area contributed by atoms with Gasteiger partial charge in [0.15, 0.2) is 28.5 Å². The van der Waals surface area contributed by atoms with Crippen LogP contribution in [0.1, 0.15) is 30.5 Å². The lowest BCUT2D eigenvalue weighted by atomic mass is 9.86. The quantitative estimate of drug-likeness (QED) is 0.221. The van der Waals surface area contributed by atoms with E-state index in [-0.39, 0.29) is 24.3 Å². The molecule has 206 valence electrons. The number of hydrogen-bond donors (Lipinski definition) is 6. The molecule has 0 aliphatic carbocycles. The zero-order valence-corrected chi connectivity index (χ0v) is 21.4. The molecule has 0 aromatic heterocycles. The van der Waals surface area contributed by atoms with Crippen molar-refractivity contribution < 1.29 is 44.7 Å². The summed E-state index contributed by atoms with van der Waals surface area (Å²) in [6, 6.07) is 16.0. The lowest BCUT2D eigenvalue weighted by Crippen LogP contribution is -2.66. The molecule has 0 fully saturated rings. The van der Waals surface area contributed by atoms with Crippen LogP contribution < -0.4 is 5.73 Å². The molecule has 11 heteroatoms. The van der Waals surface area contributed by atoms with Gasteiger partial charge in [-0.05, 0) is 61.2 Å². The van der Waals surface area contributed by atoms with Crippen molar-refractivity contribution in [3.05, 3.63) is 83.4 Å². The number of nitrogens with zero attached hydrogens (tertiary/aromatic N) is 1. The minimum atomic E-state index is -2.24. The van der Waals surface area contributed by atoms with Crippen molar-refractivity contribution in [3.63, 3.8) is 0 Å². The van der Waals surface area contributed by atoms with E-state index in [4.69, 9.17) is 10.5 Å². The number of ether oxygens (including phenoxy) is 1. The van der Waals surface area contributed by atoms with Crippen LogP contribution in [0.15, 0.2) is 66.7 Å². The van der Waals surface area contributed by atoms with E-state index < -0.39 is 52.7 Å². The number of rotatable bonds is 9. The molecule has 39 heavy (non-hydrogen) atoms. The summed E-state index contributed by atoms with van der Waals surface area (Å²) in [5.74, 6) is -4.42. The van der Waals surface area contributed by atoms with Gasteiger partial charge in [-0.25, -0.2) is 14.5 Å². The molecule has 2 atom stereocenters. The predicted molar refractivity (Wildman–Crippen MR) is 139 cm³/mol. The number of imide groups is 1. The fourth-order valence-electron chi connectivity index (χ4n) is 4.05. The number of carboxylic acids is 1. The minimum Gasteiger partial charge on any atom is -0.504 e. The summed E-state index contributed by atoms with van der Waals surface area (Å²) in [7, 11) is 0. The molecule has 0 heterocycles. The Morgan fingerprint density at radius 3 is 1.77 bits per heavy atom. The molecule has 2 amide bonds. The van der Waals surface area contributed by atoms with Gasteiger partial charge in [0, 0.05) is 6.42 Å². The molecule has 0 aliphatic heterocycles. The van der Waals surface area contributed by atoms with Gasteiger partial charge in [0.25, 0.3) is 5.91 Å². The van der Waals surface area contributed by atoms with Crippen LogP contribution in [0, 0.1) is 0 Å². The largest absolute Gasteiger partial charge is 0.504 e. The molecule has 0 bridgehead atoms. The van der Waals surface area contributed by atoms with Gasteiger partial charge in [-0.15, -0.1) is 0 Å². The molecule has 0 unspecified atom stereocenters. The van der Waals surface area contributed by atoms with Crippen molar-refractivity contribution in [3.8, 4) is 23.0 Å². The van der Waals surface area contributed by atoms with Crippen molar-refractivity contribution in [2.24, 2.45) is 5.73 Å². The Labute approximate surface area is 224 Å². The molecular formula is C28H30N2O9. The number of aromatic hydroxyl groups is 4. The first-order valence-electron chi connectivity index (χ1n) is 11.8. The average molecular weight is 539 g/mol. The predicted octanol–water partition coefficient (Wildman–Crippen LogP) is 3.02. The van der Waals surface area contributed by atoms with Gasteiger partial charge in [-0.1, -0.05) is 42.5 Å². The Kier molecular flexibility index (Phi) is 8.36. The number of nitrogens with two attached hydrogens (primary N) is 1. The lowest BCUT2D eigenvalue weighted by Gasteiger charge is -2.39. The number of phenolic OH excluding ortho intramolecular Hbond substituents is 4. The Hall–Kier alpha value is -4.77. The van der Waals surface area contributed by atoms with Gasteiger partial charge in [0.2, 0.25) is 0 Å². The molecule has 11 nitrogen and oxygen atoms in total. The third kappa shape index (κ3) is 6.57. The van der Waals surface area contributed by atoms with Gasteiger partial charge in [-0.2, -0.15) is 0 Å². The zero-order chi connectivity index (χ0) is 29.0. The van der Waals surface area contributed by atoms with E-state index in [0.717, 1.165) is 19.1 Å². The van der Waals surface area contributed by atoms with Gasteiger partial charge in [-0.3, -0.25) is 4.79 Å². The lowest BCUT2D eigenvalue weighted by molar-refractivity contribution is -0.158. The first kappa shape index (κ1) is 28.8. The fourth-order valence-corrected chi connectivity index (χ4v) is 4.05. The van der Waals surface area contributed by atoms with E-state index in [0.29, 0.717) is 16.0 Å². The van der Waals surface area contributed by atoms with Gasteiger partial charge < -0.3 is 36.0 Å². The van der Waals surface area contributed by atoms with Crippen molar-refractivity contribution in [2.45, 2.75) is 44.4 Å². The second-order valence-corrected chi connectivity index (χ2v) is 9.68.